The van der Waals surface area contributed by atoms with Crippen molar-refractivity contribution in [2.75, 3.05) is 18.5 Å². The monoisotopic (exact) mass is 417 g/mol. The third kappa shape index (κ3) is 8.05. The molecule has 0 radical (unpaired) electrons. The number of carbonyl (C=O) groups is 3. The van der Waals surface area contributed by atoms with E-state index in [0.29, 0.717) is 17.0 Å². The van der Waals surface area contributed by atoms with Crippen LogP contribution in [0.15, 0.2) is 30.3 Å². The molecule has 0 aliphatic heterocycles. The lowest BCUT2D eigenvalue weighted by Crippen LogP contribution is -2.41. The molecule has 1 aromatic rings. The largest absolute Gasteiger partial charge is 0.456 e. The lowest BCUT2D eigenvalue weighted by atomic mass is 9.69. The number of hydrogen-bond acceptors (Lipinski definition) is 4. The average Bonchev–Trinajstić information content (AvgIpc) is 2.73. The molecule has 1 aromatic carbocycles. The Morgan fingerprint density at radius 3 is 2.37 bits per heavy atom. The summed E-state index contributed by atoms with van der Waals surface area (Å²) in [5, 5.41) is 8.22. The van der Waals surface area contributed by atoms with Crippen LogP contribution in [-0.4, -0.2) is 37.1 Å². The number of hydrogen-bond donors (Lipinski definition) is 3. The molecule has 0 atom stereocenters. The minimum atomic E-state index is -0.515. The van der Waals surface area contributed by atoms with Crippen LogP contribution in [0.1, 0.15) is 59.3 Å². The van der Waals surface area contributed by atoms with E-state index in [4.69, 9.17) is 4.74 Å². The molecule has 0 spiro atoms. The van der Waals surface area contributed by atoms with E-state index in [0.717, 1.165) is 32.1 Å². The van der Waals surface area contributed by atoms with Gasteiger partial charge in [0.1, 0.15) is 0 Å². The van der Waals surface area contributed by atoms with Gasteiger partial charge in [0.15, 0.2) is 6.61 Å². The highest BCUT2D eigenvalue weighted by molar-refractivity contribution is 5.89. The van der Waals surface area contributed by atoms with Crippen molar-refractivity contribution in [2.45, 2.75) is 65.3 Å². The van der Waals surface area contributed by atoms with E-state index in [1.807, 2.05) is 18.2 Å². The highest BCUT2D eigenvalue weighted by atomic mass is 16.5. The molecule has 0 saturated heterocycles. The highest BCUT2D eigenvalue weighted by Crippen LogP contribution is 2.40. The zero-order valence-electron chi connectivity index (χ0n) is 18.3. The Morgan fingerprint density at radius 1 is 1.07 bits per heavy atom. The molecule has 7 heteroatoms. The molecule has 7 nitrogen and oxygen atoms in total. The number of nitrogens with one attached hydrogen (secondary N) is 3. The SMILES string of the molecule is CCC(C)(C)C1CCC(NC(=O)COC(=O)CCNC(=O)Nc2ccccc2)CC1. The molecule has 0 aromatic heterocycles. The Hall–Kier alpha value is -2.57. The van der Waals surface area contributed by atoms with E-state index in [1.54, 1.807) is 12.1 Å². The van der Waals surface area contributed by atoms with Crippen LogP contribution in [0.3, 0.4) is 0 Å². The standard InChI is InChI=1S/C23H35N3O4/c1-4-23(2,3)17-10-12-19(13-11-17)25-20(27)16-30-21(28)14-15-24-22(29)26-18-8-6-5-7-9-18/h5-9,17,19H,4,10-16H2,1-3H3,(H,25,27)(H2,24,26,29). The van der Waals surface area contributed by atoms with Crippen molar-refractivity contribution in [1.82, 2.24) is 10.6 Å². The molecule has 1 aliphatic carbocycles. The van der Waals surface area contributed by atoms with Gasteiger partial charge >= 0.3 is 12.0 Å². The molecule has 0 unspecified atom stereocenters. The topological polar surface area (TPSA) is 96.5 Å². The summed E-state index contributed by atoms with van der Waals surface area (Å²) in [7, 11) is 0. The minimum absolute atomic E-state index is 0.00665. The van der Waals surface area contributed by atoms with Gasteiger partial charge in [0.2, 0.25) is 0 Å². The highest BCUT2D eigenvalue weighted by Gasteiger charge is 2.32. The van der Waals surface area contributed by atoms with Crippen LogP contribution in [0.25, 0.3) is 0 Å². The average molecular weight is 418 g/mol. The summed E-state index contributed by atoms with van der Waals surface area (Å²) in [4.78, 5) is 35.6. The van der Waals surface area contributed by atoms with Gasteiger partial charge in [-0.05, 0) is 49.1 Å². The number of benzene rings is 1. The first kappa shape index (κ1) is 23.7. The molecule has 0 heterocycles. The van der Waals surface area contributed by atoms with Crippen LogP contribution in [0.4, 0.5) is 10.5 Å². The fourth-order valence-corrected chi connectivity index (χ4v) is 3.77. The second kappa shape index (κ2) is 11.6. The number of ether oxygens (including phenoxy) is 1. The van der Waals surface area contributed by atoms with E-state index in [-0.39, 0.29) is 31.5 Å². The van der Waals surface area contributed by atoms with Crippen LogP contribution in [0.2, 0.25) is 0 Å². The molecule has 1 fully saturated rings. The summed E-state index contributed by atoms with van der Waals surface area (Å²) >= 11 is 0. The lowest BCUT2D eigenvalue weighted by Gasteiger charge is -2.39. The van der Waals surface area contributed by atoms with Crippen LogP contribution < -0.4 is 16.0 Å². The summed E-state index contributed by atoms with van der Waals surface area (Å²) in [5.74, 6) is -0.0880. The molecular formula is C23H35N3O4. The maximum absolute atomic E-state index is 12.1. The second-order valence-corrected chi connectivity index (χ2v) is 8.62. The van der Waals surface area contributed by atoms with Crippen molar-refractivity contribution in [1.29, 1.82) is 0 Å². The van der Waals surface area contributed by atoms with Gasteiger partial charge in [-0.25, -0.2) is 4.79 Å². The summed E-state index contributed by atoms with van der Waals surface area (Å²) in [6, 6.07) is 8.78. The third-order valence-electron chi connectivity index (χ3n) is 6.12. The fraction of sp³-hybridized carbons (Fsp3) is 0.609. The van der Waals surface area contributed by atoms with Crippen LogP contribution >= 0.6 is 0 Å². The molecular weight excluding hydrogens is 382 g/mol. The summed E-state index contributed by atoms with van der Waals surface area (Å²) in [6.07, 6.45) is 5.33. The number of urea groups is 1. The van der Waals surface area contributed by atoms with Gasteiger partial charge in [-0.1, -0.05) is 45.4 Å². The maximum atomic E-state index is 12.1. The Balaban J connectivity index is 1.56. The Morgan fingerprint density at radius 2 is 1.73 bits per heavy atom. The van der Waals surface area contributed by atoms with Crippen molar-refractivity contribution in [3.05, 3.63) is 30.3 Å². The van der Waals surface area contributed by atoms with E-state index >= 15 is 0 Å². The Labute approximate surface area is 179 Å². The Kier molecular flexibility index (Phi) is 9.15. The Bertz CT molecular complexity index is 698. The number of rotatable bonds is 9. The first-order valence-corrected chi connectivity index (χ1v) is 10.8. The number of anilines is 1. The second-order valence-electron chi connectivity index (χ2n) is 8.62. The van der Waals surface area contributed by atoms with Gasteiger partial charge < -0.3 is 20.7 Å². The third-order valence-corrected chi connectivity index (χ3v) is 6.12. The summed E-state index contributed by atoms with van der Waals surface area (Å²) in [6.45, 7) is 6.71. The van der Waals surface area contributed by atoms with Crippen molar-refractivity contribution in [3.63, 3.8) is 0 Å². The van der Waals surface area contributed by atoms with Crippen molar-refractivity contribution in [2.24, 2.45) is 11.3 Å². The molecule has 166 valence electrons. The van der Waals surface area contributed by atoms with E-state index < -0.39 is 12.0 Å². The zero-order chi connectivity index (χ0) is 22.0. The van der Waals surface area contributed by atoms with Crippen LogP contribution in [0.5, 0.6) is 0 Å². The van der Waals surface area contributed by atoms with Crippen molar-refractivity contribution < 1.29 is 19.1 Å². The molecule has 0 bridgehead atoms. The number of carbonyl (C=O) groups excluding carboxylic acids is 3. The van der Waals surface area contributed by atoms with Gasteiger partial charge in [-0.3, -0.25) is 9.59 Å². The van der Waals surface area contributed by atoms with Gasteiger partial charge in [-0.15, -0.1) is 0 Å². The smallest absolute Gasteiger partial charge is 0.319 e. The fourth-order valence-electron chi connectivity index (χ4n) is 3.77. The van der Waals surface area contributed by atoms with Gasteiger partial charge in [0.05, 0.1) is 6.42 Å². The molecule has 1 aliphatic rings. The molecule has 3 N–H and O–H groups in total. The summed E-state index contributed by atoms with van der Waals surface area (Å²) < 4.78 is 5.02. The van der Waals surface area contributed by atoms with E-state index in [9.17, 15) is 14.4 Å². The van der Waals surface area contributed by atoms with Crippen LogP contribution in [0, 0.1) is 11.3 Å². The first-order chi connectivity index (χ1) is 14.3. The van der Waals surface area contributed by atoms with Gasteiger partial charge in [0.25, 0.3) is 5.91 Å². The van der Waals surface area contributed by atoms with Crippen molar-refractivity contribution in [3.8, 4) is 0 Å². The minimum Gasteiger partial charge on any atom is -0.456 e. The normalized spacial score (nSPS) is 18.9. The first-order valence-electron chi connectivity index (χ1n) is 10.8. The quantitative estimate of drug-likeness (QED) is 0.532. The number of amides is 3. The molecule has 3 amide bonds. The van der Waals surface area contributed by atoms with Gasteiger partial charge in [0, 0.05) is 18.3 Å². The van der Waals surface area contributed by atoms with E-state index in [1.165, 1.54) is 0 Å². The number of esters is 1. The maximum Gasteiger partial charge on any atom is 0.319 e. The van der Waals surface area contributed by atoms with E-state index in [2.05, 4.69) is 36.7 Å². The zero-order valence-corrected chi connectivity index (χ0v) is 18.3. The lowest BCUT2D eigenvalue weighted by molar-refractivity contribution is -0.148. The van der Waals surface area contributed by atoms with Crippen molar-refractivity contribution >= 4 is 23.6 Å². The van der Waals surface area contributed by atoms with Gasteiger partial charge in [-0.2, -0.15) is 0 Å². The number of para-hydroxylation sites is 1. The molecule has 2 rings (SSSR count). The predicted octanol–water partition coefficient (Wildman–Crippen LogP) is 3.85. The summed E-state index contributed by atoms with van der Waals surface area (Å²) in [5.41, 5.74) is 1.01. The van der Waals surface area contributed by atoms with Crippen LogP contribution in [-0.2, 0) is 14.3 Å². The molecule has 30 heavy (non-hydrogen) atoms. The molecule has 1 saturated carbocycles. The predicted molar refractivity (Wildman–Crippen MR) is 117 cm³/mol.